The van der Waals surface area contributed by atoms with Gasteiger partial charge in [0, 0.05) is 10.6 Å². The average molecular weight is 293 g/mol. The highest BCUT2D eigenvalue weighted by Gasteiger charge is 2.03. The van der Waals surface area contributed by atoms with Gasteiger partial charge in [0.05, 0.1) is 0 Å². The van der Waals surface area contributed by atoms with Crippen LogP contribution in [0.3, 0.4) is 0 Å². The van der Waals surface area contributed by atoms with E-state index >= 15 is 0 Å². The van der Waals surface area contributed by atoms with Crippen molar-refractivity contribution in [2.75, 3.05) is 0 Å². The monoisotopic (exact) mass is 292 g/mol. The van der Waals surface area contributed by atoms with Gasteiger partial charge in [0.15, 0.2) is 5.78 Å². The summed E-state index contributed by atoms with van der Waals surface area (Å²) in [4.78, 5) is 12.2. The zero-order chi connectivity index (χ0) is 14.7. The molecule has 3 aromatic carbocycles. The van der Waals surface area contributed by atoms with E-state index in [0.29, 0.717) is 10.6 Å². The zero-order valence-corrected chi connectivity index (χ0v) is 12.0. The molecule has 0 aliphatic rings. The van der Waals surface area contributed by atoms with Gasteiger partial charge in [-0.25, -0.2) is 0 Å². The van der Waals surface area contributed by atoms with Crippen LogP contribution >= 0.6 is 11.6 Å². The molecule has 2 heteroatoms. The highest BCUT2D eigenvalue weighted by atomic mass is 35.5. The molecule has 0 radical (unpaired) electrons. The second-order valence-corrected chi connectivity index (χ2v) is 5.19. The maximum atomic E-state index is 12.2. The van der Waals surface area contributed by atoms with Crippen molar-refractivity contribution in [3.63, 3.8) is 0 Å². The van der Waals surface area contributed by atoms with E-state index in [0.717, 1.165) is 16.3 Å². The third-order valence-corrected chi connectivity index (χ3v) is 3.70. The second kappa shape index (κ2) is 5.94. The normalized spacial score (nSPS) is 11.1. The molecule has 3 aromatic rings. The Morgan fingerprint density at radius 1 is 0.857 bits per heavy atom. The first kappa shape index (κ1) is 13.6. The quantitative estimate of drug-likeness (QED) is 0.467. The number of benzene rings is 3. The van der Waals surface area contributed by atoms with Crippen LogP contribution in [0.25, 0.3) is 16.8 Å². The Balaban J connectivity index is 1.89. The number of rotatable bonds is 3. The van der Waals surface area contributed by atoms with Crippen molar-refractivity contribution in [3.8, 4) is 0 Å². The first-order valence-electron chi connectivity index (χ1n) is 6.70. The molecule has 0 saturated heterocycles. The van der Waals surface area contributed by atoms with E-state index in [1.165, 1.54) is 0 Å². The molecular weight excluding hydrogens is 280 g/mol. The minimum atomic E-state index is -0.0272. The van der Waals surface area contributed by atoms with Crippen LogP contribution in [0, 0.1) is 0 Å². The minimum absolute atomic E-state index is 0.0272. The van der Waals surface area contributed by atoms with Crippen LogP contribution < -0.4 is 0 Å². The summed E-state index contributed by atoms with van der Waals surface area (Å²) in [6.07, 6.45) is 3.31. The predicted molar refractivity (Wildman–Crippen MR) is 88.8 cm³/mol. The van der Waals surface area contributed by atoms with Crippen molar-refractivity contribution in [3.05, 3.63) is 89.0 Å². The third kappa shape index (κ3) is 3.04. The first-order valence-corrected chi connectivity index (χ1v) is 7.07. The number of ketones is 1. The van der Waals surface area contributed by atoms with Gasteiger partial charge in [-0.3, -0.25) is 4.79 Å². The molecule has 0 atom stereocenters. The summed E-state index contributed by atoms with van der Waals surface area (Å²) in [6, 6.07) is 21.2. The Bertz CT molecular complexity index is 834. The molecule has 0 aliphatic carbocycles. The number of fused-ring (bicyclic) bond motifs is 1. The Morgan fingerprint density at radius 2 is 1.57 bits per heavy atom. The molecule has 0 spiro atoms. The molecule has 0 saturated carbocycles. The van der Waals surface area contributed by atoms with E-state index in [9.17, 15) is 4.79 Å². The second-order valence-electron chi connectivity index (χ2n) is 4.78. The summed E-state index contributed by atoms with van der Waals surface area (Å²) < 4.78 is 0. The smallest absolute Gasteiger partial charge is 0.185 e. The van der Waals surface area contributed by atoms with Gasteiger partial charge in [0.2, 0.25) is 0 Å². The Kier molecular flexibility index (Phi) is 3.85. The highest BCUT2D eigenvalue weighted by molar-refractivity contribution is 6.32. The molecule has 21 heavy (non-hydrogen) atoms. The van der Waals surface area contributed by atoms with Crippen molar-refractivity contribution in [1.82, 2.24) is 0 Å². The first-order chi connectivity index (χ1) is 10.2. The van der Waals surface area contributed by atoms with Gasteiger partial charge in [-0.05, 0) is 40.6 Å². The lowest BCUT2D eigenvalue weighted by Gasteiger charge is -2.01. The third-order valence-electron chi connectivity index (χ3n) is 3.35. The summed E-state index contributed by atoms with van der Waals surface area (Å²) >= 11 is 6.07. The molecule has 0 aliphatic heterocycles. The van der Waals surface area contributed by atoms with E-state index in [1.54, 1.807) is 12.2 Å². The fraction of sp³-hybridized carbons (Fsp3) is 0. The maximum absolute atomic E-state index is 12.2. The van der Waals surface area contributed by atoms with Gasteiger partial charge in [-0.2, -0.15) is 0 Å². The molecule has 0 unspecified atom stereocenters. The lowest BCUT2D eigenvalue weighted by molar-refractivity contribution is 0.104. The predicted octanol–water partition coefficient (Wildman–Crippen LogP) is 5.39. The van der Waals surface area contributed by atoms with Crippen LogP contribution in [0.5, 0.6) is 0 Å². The molecule has 3 rings (SSSR count). The lowest BCUT2D eigenvalue weighted by Crippen LogP contribution is -1.93. The standard InChI is InChI=1S/C19H13ClO/c20-18-8-4-3-6-15(18)11-12-19(21)17-10-9-14-5-1-2-7-16(14)13-17/h1-13H. The molecule has 0 bridgehead atoms. The van der Waals surface area contributed by atoms with Crippen molar-refractivity contribution in [2.24, 2.45) is 0 Å². The van der Waals surface area contributed by atoms with Crippen LogP contribution in [-0.4, -0.2) is 5.78 Å². The van der Waals surface area contributed by atoms with E-state index in [2.05, 4.69) is 0 Å². The highest BCUT2D eigenvalue weighted by Crippen LogP contribution is 2.18. The number of halogens is 1. The number of hydrogen-bond donors (Lipinski definition) is 0. The van der Waals surface area contributed by atoms with Crippen LogP contribution in [0.15, 0.2) is 72.8 Å². The van der Waals surface area contributed by atoms with Crippen molar-refractivity contribution >= 4 is 34.2 Å². The van der Waals surface area contributed by atoms with Crippen molar-refractivity contribution in [1.29, 1.82) is 0 Å². The van der Waals surface area contributed by atoms with Gasteiger partial charge >= 0.3 is 0 Å². The minimum Gasteiger partial charge on any atom is -0.289 e. The molecular formula is C19H13ClO. The van der Waals surface area contributed by atoms with Gasteiger partial charge in [-0.15, -0.1) is 0 Å². The van der Waals surface area contributed by atoms with Crippen LogP contribution in [0.1, 0.15) is 15.9 Å². The number of carbonyl (C=O) groups excluding carboxylic acids is 1. The average Bonchev–Trinajstić information content (AvgIpc) is 2.53. The van der Waals surface area contributed by atoms with Crippen LogP contribution in [-0.2, 0) is 0 Å². The van der Waals surface area contributed by atoms with E-state index in [4.69, 9.17) is 11.6 Å². The fourth-order valence-corrected chi connectivity index (χ4v) is 2.41. The van der Waals surface area contributed by atoms with Gasteiger partial charge < -0.3 is 0 Å². The number of carbonyl (C=O) groups is 1. The van der Waals surface area contributed by atoms with E-state index in [-0.39, 0.29) is 5.78 Å². The molecule has 0 fully saturated rings. The molecule has 0 N–H and O–H groups in total. The van der Waals surface area contributed by atoms with Crippen molar-refractivity contribution < 1.29 is 4.79 Å². The zero-order valence-electron chi connectivity index (χ0n) is 11.3. The van der Waals surface area contributed by atoms with E-state index < -0.39 is 0 Å². The van der Waals surface area contributed by atoms with Gasteiger partial charge in [-0.1, -0.05) is 66.2 Å². The summed E-state index contributed by atoms with van der Waals surface area (Å²) in [5, 5.41) is 2.83. The number of allylic oxidation sites excluding steroid dienone is 1. The molecule has 102 valence electrons. The van der Waals surface area contributed by atoms with Crippen LogP contribution in [0.4, 0.5) is 0 Å². The Morgan fingerprint density at radius 3 is 2.38 bits per heavy atom. The number of hydrogen-bond acceptors (Lipinski definition) is 1. The van der Waals surface area contributed by atoms with Gasteiger partial charge in [0.25, 0.3) is 0 Å². The maximum Gasteiger partial charge on any atom is 0.185 e. The Labute approximate surface area is 128 Å². The fourth-order valence-electron chi connectivity index (χ4n) is 2.21. The summed E-state index contributed by atoms with van der Waals surface area (Å²) in [5.41, 5.74) is 1.52. The van der Waals surface area contributed by atoms with Gasteiger partial charge in [0.1, 0.15) is 0 Å². The molecule has 0 heterocycles. The largest absolute Gasteiger partial charge is 0.289 e. The summed E-state index contributed by atoms with van der Waals surface area (Å²) in [6.45, 7) is 0. The summed E-state index contributed by atoms with van der Waals surface area (Å²) in [5.74, 6) is -0.0272. The molecule has 1 nitrogen and oxygen atoms in total. The molecule has 0 amide bonds. The summed E-state index contributed by atoms with van der Waals surface area (Å²) in [7, 11) is 0. The SMILES string of the molecule is O=C(C=Cc1ccccc1Cl)c1ccc2ccccc2c1. The van der Waals surface area contributed by atoms with Crippen molar-refractivity contribution in [2.45, 2.75) is 0 Å². The molecule has 0 aromatic heterocycles. The van der Waals surface area contributed by atoms with Crippen LogP contribution in [0.2, 0.25) is 5.02 Å². The Hall–Kier alpha value is -2.38. The lowest BCUT2D eigenvalue weighted by atomic mass is 10.0. The topological polar surface area (TPSA) is 17.1 Å². The van der Waals surface area contributed by atoms with E-state index in [1.807, 2.05) is 66.7 Å².